The number of hydrogen-bond donors (Lipinski definition) is 0. The van der Waals surface area contributed by atoms with Crippen LogP contribution in [0.4, 0.5) is 0 Å². The predicted molar refractivity (Wildman–Crippen MR) is 97.0 cm³/mol. The highest BCUT2D eigenvalue weighted by atomic mass is 32.2. The lowest BCUT2D eigenvalue weighted by atomic mass is 9.99. The molecule has 0 spiro atoms. The zero-order chi connectivity index (χ0) is 18.3. The molecule has 1 aliphatic heterocycles. The van der Waals surface area contributed by atoms with Crippen molar-refractivity contribution < 1.29 is 8.42 Å². The van der Waals surface area contributed by atoms with Crippen molar-refractivity contribution in [2.75, 3.05) is 13.1 Å². The molecule has 3 aromatic heterocycles. The maximum Gasteiger partial charge on any atom is 0.262 e. The first-order valence-electron chi connectivity index (χ1n) is 8.71. The Morgan fingerprint density at radius 1 is 1.31 bits per heavy atom. The highest BCUT2D eigenvalue weighted by molar-refractivity contribution is 7.89. The van der Waals surface area contributed by atoms with Gasteiger partial charge in [0.05, 0.1) is 6.33 Å². The molecule has 3 aromatic rings. The van der Waals surface area contributed by atoms with E-state index in [1.165, 1.54) is 6.33 Å². The molecule has 1 saturated heterocycles. The van der Waals surface area contributed by atoms with Crippen molar-refractivity contribution in [2.24, 2.45) is 13.0 Å². The molecule has 0 aromatic carbocycles. The van der Waals surface area contributed by atoms with Crippen molar-refractivity contribution >= 4 is 21.2 Å². The number of fused-ring (bicyclic) bond motifs is 1. The molecule has 0 aliphatic carbocycles. The van der Waals surface area contributed by atoms with E-state index in [9.17, 15) is 8.42 Å². The third-order valence-electron chi connectivity index (χ3n) is 4.90. The predicted octanol–water partition coefficient (Wildman–Crippen LogP) is 1.57. The second kappa shape index (κ2) is 6.48. The lowest BCUT2D eigenvalue weighted by Gasteiger charge is -2.31. The van der Waals surface area contributed by atoms with Crippen molar-refractivity contribution in [3.63, 3.8) is 0 Å². The van der Waals surface area contributed by atoms with Crippen molar-refractivity contribution in [3.8, 4) is 0 Å². The Morgan fingerprint density at radius 3 is 2.92 bits per heavy atom. The molecule has 4 rings (SSSR count). The molecule has 0 bridgehead atoms. The van der Waals surface area contributed by atoms with Crippen LogP contribution in [0.15, 0.2) is 35.9 Å². The average Bonchev–Trinajstić information content (AvgIpc) is 3.20. The minimum Gasteiger partial charge on any atom is -0.339 e. The Bertz CT molecular complexity index is 1040. The summed E-state index contributed by atoms with van der Waals surface area (Å²) in [6, 6.07) is 3.82. The zero-order valence-corrected chi connectivity index (χ0v) is 15.7. The van der Waals surface area contributed by atoms with Crippen LogP contribution >= 0.6 is 0 Å². The summed E-state index contributed by atoms with van der Waals surface area (Å²) in [6.45, 7) is 3.71. The van der Waals surface area contributed by atoms with Gasteiger partial charge in [-0.1, -0.05) is 0 Å². The van der Waals surface area contributed by atoms with Crippen LogP contribution in [0.1, 0.15) is 18.7 Å². The largest absolute Gasteiger partial charge is 0.339 e. The van der Waals surface area contributed by atoms with Crippen LogP contribution in [0.2, 0.25) is 0 Å². The maximum atomic E-state index is 12.8. The van der Waals surface area contributed by atoms with Gasteiger partial charge in [-0.3, -0.25) is 0 Å². The second-order valence-electron chi connectivity index (χ2n) is 6.86. The summed E-state index contributed by atoms with van der Waals surface area (Å²) in [5.74, 6) is 1.13. The monoisotopic (exact) mass is 374 g/mol. The van der Waals surface area contributed by atoms with Gasteiger partial charge in [0.2, 0.25) is 0 Å². The van der Waals surface area contributed by atoms with E-state index in [2.05, 4.69) is 19.5 Å². The van der Waals surface area contributed by atoms with Gasteiger partial charge in [-0.05, 0) is 37.8 Å². The number of piperidine rings is 1. The first-order valence-corrected chi connectivity index (χ1v) is 10.1. The van der Waals surface area contributed by atoms with Crippen LogP contribution in [-0.2, 0) is 23.6 Å². The van der Waals surface area contributed by atoms with E-state index in [1.54, 1.807) is 28.3 Å². The summed E-state index contributed by atoms with van der Waals surface area (Å²) < 4.78 is 31.0. The molecule has 1 atom stereocenters. The Hall–Kier alpha value is -2.26. The minimum atomic E-state index is -3.54. The Balaban J connectivity index is 1.56. The van der Waals surface area contributed by atoms with E-state index in [0.29, 0.717) is 19.6 Å². The molecule has 0 amide bonds. The molecule has 9 heteroatoms. The third kappa shape index (κ3) is 3.01. The summed E-state index contributed by atoms with van der Waals surface area (Å²) in [5.41, 5.74) is 1.73. The van der Waals surface area contributed by atoms with Crippen LogP contribution in [0.5, 0.6) is 0 Å². The van der Waals surface area contributed by atoms with Gasteiger partial charge in [0.25, 0.3) is 10.0 Å². The fourth-order valence-corrected chi connectivity index (χ4v) is 5.12. The molecular weight excluding hydrogens is 352 g/mol. The molecule has 1 fully saturated rings. The lowest BCUT2D eigenvalue weighted by Crippen LogP contribution is -2.41. The van der Waals surface area contributed by atoms with Gasteiger partial charge in [-0.25, -0.2) is 23.4 Å². The van der Waals surface area contributed by atoms with Gasteiger partial charge in [0.15, 0.2) is 10.7 Å². The lowest BCUT2D eigenvalue weighted by molar-refractivity contribution is 0.245. The summed E-state index contributed by atoms with van der Waals surface area (Å²) >= 11 is 0. The molecule has 8 nitrogen and oxygen atoms in total. The van der Waals surface area contributed by atoms with E-state index < -0.39 is 10.0 Å². The van der Waals surface area contributed by atoms with E-state index in [4.69, 9.17) is 0 Å². The first kappa shape index (κ1) is 17.2. The van der Waals surface area contributed by atoms with E-state index in [-0.39, 0.29) is 10.9 Å². The fourth-order valence-electron chi connectivity index (χ4n) is 3.60. The Kier molecular flexibility index (Phi) is 4.28. The molecule has 1 unspecified atom stereocenters. The van der Waals surface area contributed by atoms with Gasteiger partial charge < -0.3 is 9.13 Å². The van der Waals surface area contributed by atoms with Crippen molar-refractivity contribution in [3.05, 3.63) is 36.7 Å². The normalized spacial score (nSPS) is 19.2. The molecule has 4 heterocycles. The standard InChI is InChI=1S/C17H22N6O2S/c1-13-20-15-6-3-7-18-17(15)23(13)10-14-5-4-8-22(9-14)26(24,25)16-11-21(2)12-19-16/h3,6-7,11-12,14H,4-5,8-10H2,1-2H3. The minimum absolute atomic E-state index is 0.117. The van der Waals surface area contributed by atoms with E-state index >= 15 is 0 Å². The molecule has 1 aliphatic rings. The Morgan fingerprint density at radius 2 is 2.15 bits per heavy atom. The van der Waals surface area contributed by atoms with Gasteiger partial charge >= 0.3 is 0 Å². The highest BCUT2D eigenvalue weighted by Gasteiger charge is 2.32. The maximum absolute atomic E-state index is 12.8. The van der Waals surface area contributed by atoms with E-state index in [1.807, 2.05) is 19.1 Å². The second-order valence-corrected chi connectivity index (χ2v) is 8.75. The number of hydrogen-bond acceptors (Lipinski definition) is 5. The number of pyridine rings is 1. The quantitative estimate of drug-likeness (QED) is 0.692. The van der Waals surface area contributed by atoms with Gasteiger partial charge in [0, 0.05) is 39.1 Å². The number of imidazole rings is 2. The zero-order valence-electron chi connectivity index (χ0n) is 14.9. The fraction of sp³-hybridized carbons (Fsp3) is 0.471. The SMILES string of the molecule is Cc1nc2cccnc2n1CC1CCCN(S(=O)(=O)c2cn(C)cn2)C1. The molecule has 138 valence electrons. The average molecular weight is 374 g/mol. The number of nitrogens with zero attached hydrogens (tertiary/aromatic N) is 6. The first-order chi connectivity index (χ1) is 12.4. The van der Waals surface area contributed by atoms with Crippen LogP contribution in [0, 0.1) is 12.8 Å². The number of sulfonamides is 1. The van der Waals surface area contributed by atoms with Crippen molar-refractivity contribution in [1.82, 2.24) is 28.4 Å². The number of rotatable bonds is 4. The molecule has 0 radical (unpaired) electrons. The summed E-state index contributed by atoms with van der Waals surface area (Å²) in [5, 5.41) is 0.117. The summed E-state index contributed by atoms with van der Waals surface area (Å²) in [7, 11) is -1.78. The van der Waals surface area contributed by atoms with Gasteiger partial charge in [0.1, 0.15) is 11.3 Å². The molecule has 0 N–H and O–H groups in total. The van der Waals surface area contributed by atoms with Crippen LogP contribution in [0.3, 0.4) is 0 Å². The van der Waals surface area contributed by atoms with Crippen LogP contribution in [-0.4, -0.2) is 49.9 Å². The number of aryl methyl sites for hydroxylation is 2. The van der Waals surface area contributed by atoms with Crippen molar-refractivity contribution in [1.29, 1.82) is 0 Å². The number of aromatic nitrogens is 5. The topological polar surface area (TPSA) is 85.9 Å². The van der Waals surface area contributed by atoms with Gasteiger partial charge in [-0.2, -0.15) is 4.31 Å². The van der Waals surface area contributed by atoms with Crippen LogP contribution < -0.4 is 0 Å². The highest BCUT2D eigenvalue weighted by Crippen LogP contribution is 2.25. The summed E-state index contributed by atoms with van der Waals surface area (Å²) in [6.07, 6.45) is 6.66. The molecule has 0 saturated carbocycles. The smallest absolute Gasteiger partial charge is 0.262 e. The van der Waals surface area contributed by atoms with Crippen molar-refractivity contribution in [2.45, 2.75) is 31.3 Å². The summed E-state index contributed by atoms with van der Waals surface area (Å²) in [4.78, 5) is 13.0. The van der Waals surface area contributed by atoms with E-state index in [0.717, 1.165) is 29.8 Å². The molecule has 26 heavy (non-hydrogen) atoms. The van der Waals surface area contributed by atoms with Crippen LogP contribution in [0.25, 0.3) is 11.2 Å². The molecular formula is C17H22N6O2S. The van der Waals surface area contributed by atoms with Gasteiger partial charge in [-0.15, -0.1) is 0 Å². The Labute approximate surface area is 152 Å². The third-order valence-corrected chi connectivity index (χ3v) is 6.65.